The third-order valence-electron chi connectivity index (χ3n) is 5.30. The Labute approximate surface area is 157 Å². The van der Waals surface area contributed by atoms with E-state index in [1.54, 1.807) is 0 Å². The maximum absolute atomic E-state index is 12.6. The molecule has 0 aliphatic heterocycles. The lowest BCUT2D eigenvalue weighted by Crippen LogP contribution is -2.45. The summed E-state index contributed by atoms with van der Waals surface area (Å²) in [6.45, 7) is 15.3. The number of unbranched alkanes of at least 4 members (excludes halogenated alkanes) is 1. The molecule has 1 fully saturated rings. The van der Waals surface area contributed by atoms with E-state index in [0.29, 0.717) is 12.5 Å². The van der Waals surface area contributed by atoms with Crippen molar-refractivity contribution >= 4 is 5.91 Å². The van der Waals surface area contributed by atoms with E-state index in [4.69, 9.17) is 5.11 Å². The minimum Gasteiger partial charge on any atom is -0.396 e. The Hall–Kier alpha value is -0.570. The van der Waals surface area contributed by atoms with E-state index in [-0.39, 0.29) is 17.4 Å². The third-order valence-corrected chi connectivity index (χ3v) is 5.30. The van der Waals surface area contributed by atoms with Gasteiger partial charge in [-0.25, -0.2) is 0 Å². The molecule has 0 heterocycles. The van der Waals surface area contributed by atoms with Crippen LogP contribution in [-0.4, -0.2) is 23.2 Å². The van der Waals surface area contributed by atoms with Crippen molar-refractivity contribution in [3.8, 4) is 0 Å². The van der Waals surface area contributed by atoms with Crippen LogP contribution in [0.4, 0.5) is 0 Å². The van der Waals surface area contributed by atoms with Crippen molar-refractivity contribution < 1.29 is 9.90 Å². The van der Waals surface area contributed by atoms with Gasteiger partial charge in [0.25, 0.3) is 0 Å². The second-order valence-electron chi connectivity index (χ2n) is 9.12. The molecule has 0 aromatic carbocycles. The van der Waals surface area contributed by atoms with Crippen LogP contribution in [0.25, 0.3) is 0 Å². The monoisotopic (exact) mass is 355 g/mol. The highest BCUT2D eigenvalue weighted by Crippen LogP contribution is 2.37. The number of hydrogen-bond donors (Lipinski definition) is 2. The molecule has 0 aromatic heterocycles. The summed E-state index contributed by atoms with van der Waals surface area (Å²) in [6.07, 6.45) is 9.82. The third kappa shape index (κ3) is 10.9. The number of rotatable bonds is 7. The van der Waals surface area contributed by atoms with E-state index >= 15 is 0 Å². The van der Waals surface area contributed by atoms with Crippen LogP contribution in [0.3, 0.4) is 0 Å². The van der Waals surface area contributed by atoms with Crippen molar-refractivity contribution in [1.82, 2.24) is 5.32 Å². The van der Waals surface area contributed by atoms with Gasteiger partial charge in [-0.1, -0.05) is 66.2 Å². The van der Waals surface area contributed by atoms with Crippen LogP contribution in [0, 0.1) is 23.7 Å². The normalized spacial score (nSPS) is 22.1. The molecule has 0 radical (unpaired) electrons. The van der Waals surface area contributed by atoms with Crippen molar-refractivity contribution in [3.05, 3.63) is 0 Å². The van der Waals surface area contributed by atoms with E-state index < -0.39 is 0 Å². The molecule has 1 amide bonds. The Morgan fingerprint density at radius 1 is 1.12 bits per heavy atom. The van der Waals surface area contributed by atoms with Gasteiger partial charge in [0.2, 0.25) is 5.91 Å². The van der Waals surface area contributed by atoms with E-state index in [2.05, 4.69) is 53.8 Å². The summed E-state index contributed by atoms with van der Waals surface area (Å²) in [4.78, 5) is 12.6. The summed E-state index contributed by atoms with van der Waals surface area (Å²) in [5.41, 5.74) is -0.124. The molecule has 3 heteroatoms. The molecule has 25 heavy (non-hydrogen) atoms. The summed E-state index contributed by atoms with van der Waals surface area (Å²) < 4.78 is 0. The van der Waals surface area contributed by atoms with Crippen LogP contribution < -0.4 is 5.32 Å². The van der Waals surface area contributed by atoms with Crippen LogP contribution in [0.2, 0.25) is 0 Å². The van der Waals surface area contributed by atoms with Crippen molar-refractivity contribution in [3.63, 3.8) is 0 Å². The number of aliphatic hydroxyl groups is 1. The molecule has 3 unspecified atom stereocenters. The number of aliphatic hydroxyl groups excluding tert-OH is 1. The summed E-state index contributed by atoms with van der Waals surface area (Å²) in [6, 6.07) is 0. The smallest absolute Gasteiger partial charge is 0.223 e. The summed E-state index contributed by atoms with van der Waals surface area (Å²) >= 11 is 0. The van der Waals surface area contributed by atoms with Gasteiger partial charge in [-0.05, 0) is 51.4 Å². The van der Waals surface area contributed by atoms with Crippen molar-refractivity contribution in [1.29, 1.82) is 0 Å². The molecule has 0 saturated heterocycles. The van der Waals surface area contributed by atoms with Gasteiger partial charge in [-0.3, -0.25) is 4.79 Å². The molecule has 0 bridgehead atoms. The molecule has 150 valence electrons. The van der Waals surface area contributed by atoms with Crippen molar-refractivity contribution in [2.45, 2.75) is 105 Å². The van der Waals surface area contributed by atoms with E-state index in [1.165, 1.54) is 32.1 Å². The maximum atomic E-state index is 12.6. The molecule has 1 aliphatic carbocycles. The first-order chi connectivity index (χ1) is 11.7. The Balaban J connectivity index is 0.00000101. The molecule has 0 aromatic rings. The Morgan fingerprint density at radius 2 is 1.68 bits per heavy atom. The average molecular weight is 356 g/mol. The van der Waals surface area contributed by atoms with Gasteiger partial charge < -0.3 is 10.4 Å². The van der Waals surface area contributed by atoms with E-state index in [1.807, 2.05) is 0 Å². The minimum atomic E-state index is -0.124. The van der Waals surface area contributed by atoms with E-state index in [0.717, 1.165) is 31.1 Å². The van der Waals surface area contributed by atoms with Gasteiger partial charge in [0.05, 0.1) is 0 Å². The van der Waals surface area contributed by atoms with Gasteiger partial charge in [0, 0.05) is 18.1 Å². The van der Waals surface area contributed by atoms with Crippen LogP contribution in [-0.2, 0) is 4.79 Å². The summed E-state index contributed by atoms with van der Waals surface area (Å²) in [7, 11) is 0. The van der Waals surface area contributed by atoms with Crippen molar-refractivity contribution in [2.75, 3.05) is 6.61 Å². The van der Waals surface area contributed by atoms with Crippen LogP contribution >= 0.6 is 0 Å². The number of carbonyl (C=O) groups is 1. The molecule has 2 N–H and O–H groups in total. The van der Waals surface area contributed by atoms with Gasteiger partial charge in [-0.15, -0.1) is 0 Å². The lowest BCUT2D eigenvalue weighted by atomic mass is 9.72. The quantitative estimate of drug-likeness (QED) is 0.628. The second-order valence-corrected chi connectivity index (χ2v) is 9.12. The van der Waals surface area contributed by atoms with Crippen LogP contribution in [0.15, 0.2) is 0 Å². The van der Waals surface area contributed by atoms with Crippen molar-refractivity contribution in [2.24, 2.45) is 23.7 Å². The molecular weight excluding hydrogens is 310 g/mol. The topological polar surface area (TPSA) is 49.3 Å². The first-order valence-electron chi connectivity index (χ1n) is 10.6. The predicted molar refractivity (Wildman–Crippen MR) is 109 cm³/mol. The molecule has 3 atom stereocenters. The Morgan fingerprint density at radius 3 is 2.04 bits per heavy atom. The number of nitrogens with one attached hydrogen (secondary N) is 1. The molecule has 1 rings (SSSR count). The lowest BCUT2D eigenvalue weighted by molar-refractivity contribution is -0.128. The first-order valence-corrected chi connectivity index (χ1v) is 10.6. The number of carbonyl (C=O) groups excluding carboxylic acids is 1. The van der Waals surface area contributed by atoms with Gasteiger partial charge in [0.15, 0.2) is 0 Å². The molecule has 3 nitrogen and oxygen atoms in total. The second kappa shape index (κ2) is 12.7. The lowest BCUT2D eigenvalue weighted by Gasteiger charge is -2.35. The fraction of sp³-hybridized carbons (Fsp3) is 0.955. The standard InChI is InChI=1S/C18H35NO.C4H10O/c1-7-14-10-8-9-11-15(14)12-16(13(2)3)17(20)19-18(4,5)6;1-2-3-4-5/h13-16H,7-12H2,1-6H3,(H,19,20);5H,2-4H2,1H3. The fourth-order valence-corrected chi connectivity index (χ4v) is 3.76. The predicted octanol–water partition coefficient (Wildman–Crippen LogP) is 5.56. The fourth-order valence-electron chi connectivity index (χ4n) is 3.76. The van der Waals surface area contributed by atoms with Gasteiger partial charge >= 0.3 is 0 Å². The minimum absolute atomic E-state index is 0.124. The molecule has 0 spiro atoms. The van der Waals surface area contributed by atoms with E-state index in [9.17, 15) is 4.79 Å². The largest absolute Gasteiger partial charge is 0.396 e. The first kappa shape index (κ1) is 24.4. The molecule has 1 saturated carbocycles. The SMILES string of the molecule is CCC1CCCCC1CC(C(=O)NC(C)(C)C)C(C)C.CCCCO. The van der Waals surface area contributed by atoms with Crippen LogP contribution in [0.5, 0.6) is 0 Å². The zero-order valence-corrected chi connectivity index (χ0v) is 18.0. The summed E-state index contributed by atoms with van der Waals surface area (Å²) in [5, 5.41) is 11.3. The highest BCUT2D eigenvalue weighted by atomic mass is 16.2. The zero-order valence-electron chi connectivity index (χ0n) is 18.0. The maximum Gasteiger partial charge on any atom is 0.223 e. The van der Waals surface area contributed by atoms with Gasteiger partial charge in [0.1, 0.15) is 0 Å². The zero-order chi connectivity index (χ0) is 19.5. The summed E-state index contributed by atoms with van der Waals surface area (Å²) in [5.74, 6) is 2.45. The Bertz CT molecular complexity index is 344. The van der Waals surface area contributed by atoms with Crippen LogP contribution in [0.1, 0.15) is 99.8 Å². The molecular formula is C22H45NO2. The Kier molecular flexibility index (Phi) is 12.4. The average Bonchev–Trinajstić information content (AvgIpc) is 2.52. The molecule has 1 aliphatic rings. The number of amides is 1. The number of hydrogen-bond acceptors (Lipinski definition) is 2. The van der Waals surface area contributed by atoms with Gasteiger partial charge in [-0.2, -0.15) is 0 Å². The highest BCUT2D eigenvalue weighted by Gasteiger charge is 2.32. The highest BCUT2D eigenvalue weighted by molar-refractivity contribution is 5.79.